The van der Waals surface area contributed by atoms with Gasteiger partial charge >= 0.3 is 6.09 Å². The summed E-state index contributed by atoms with van der Waals surface area (Å²) in [6, 6.07) is 0. The van der Waals surface area contributed by atoms with E-state index in [1.807, 2.05) is 0 Å². The number of carbonyl (C=O) groups is 1. The second kappa shape index (κ2) is 5.82. The molecular weight excluding hydrogens is 182 g/mol. The first-order valence-electron chi connectivity index (χ1n) is 4.95. The van der Waals surface area contributed by atoms with Gasteiger partial charge in [0.15, 0.2) is 0 Å². The predicted molar refractivity (Wildman–Crippen MR) is 56.5 cm³/mol. The molecule has 0 atom stereocenters. The van der Waals surface area contributed by atoms with E-state index < -0.39 is 0 Å². The van der Waals surface area contributed by atoms with Crippen LogP contribution in [0, 0.1) is 0 Å². The highest BCUT2D eigenvalue weighted by molar-refractivity contribution is 5.66. The molecule has 0 aromatic rings. The third-order valence-corrected chi connectivity index (χ3v) is 2.48. The number of alkyl carbamates (subject to hydrolysis) is 1. The number of rotatable bonds is 3. The normalized spacial score (nSPS) is 19.3. The van der Waals surface area contributed by atoms with Gasteiger partial charge in [0, 0.05) is 40.7 Å². The van der Waals surface area contributed by atoms with Crippen LogP contribution in [-0.2, 0) is 4.74 Å². The molecule has 5 heteroatoms. The van der Waals surface area contributed by atoms with Crippen molar-refractivity contribution in [1.82, 2.24) is 15.1 Å². The van der Waals surface area contributed by atoms with Crippen LogP contribution in [0.25, 0.3) is 0 Å². The number of nitrogens with zero attached hydrogens (tertiary/aromatic N) is 2. The minimum absolute atomic E-state index is 0. The van der Waals surface area contributed by atoms with E-state index in [4.69, 9.17) is 0 Å². The Morgan fingerprint density at radius 3 is 2.64 bits per heavy atom. The Balaban J connectivity index is 0.00000196. The van der Waals surface area contributed by atoms with E-state index in [0.717, 1.165) is 32.7 Å². The first kappa shape index (κ1) is 11.3. The molecule has 0 radical (unpaired) electrons. The van der Waals surface area contributed by atoms with Crippen LogP contribution in [0.5, 0.6) is 0 Å². The molecular formula is C9H21N3O2. The number of nitrogens with one attached hydrogen (secondary N) is 1. The van der Waals surface area contributed by atoms with E-state index in [1.165, 1.54) is 7.11 Å². The molecule has 84 valence electrons. The number of ether oxygens (including phenoxy) is 1. The molecule has 1 amide bonds. The molecule has 0 aliphatic carbocycles. The highest BCUT2D eigenvalue weighted by Gasteiger charge is 2.12. The first-order valence-corrected chi connectivity index (χ1v) is 4.95. The molecule has 1 aliphatic rings. The summed E-state index contributed by atoms with van der Waals surface area (Å²) in [5, 5.41) is 2.67. The molecule has 14 heavy (non-hydrogen) atoms. The zero-order valence-electron chi connectivity index (χ0n) is 8.95. The summed E-state index contributed by atoms with van der Waals surface area (Å²) in [5.74, 6) is 0. The van der Waals surface area contributed by atoms with Gasteiger partial charge in [0.2, 0.25) is 0 Å². The van der Waals surface area contributed by atoms with Gasteiger partial charge in [-0.05, 0) is 7.05 Å². The molecule has 1 saturated heterocycles. The van der Waals surface area contributed by atoms with Gasteiger partial charge in [0.25, 0.3) is 0 Å². The van der Waals surface area contributed by atoms with Crippen LogP contribution in [0.1, 0.15) is 1.43 Å². The van der Waals surface area contributed by atoms with Gasteiger partial charge in [-0.2, -0.15) is 0 Å². The van der Waals surface area contributed by atoms with Crippen molar-refractivity contribution in [1.29, 1.82) is 0 Å². The smallest absolute Gasteiger partial charge is 0.406 e. The Labute approximate surface area is 86.5 Å². The van der Waals surface area contributed by atoms with E-state index in [1.54, 1.807) is 0 Å². The van der Waals surface area contributed by atoms with Crippen LogP contribution in [0.2, 0.25) is 0 Å². The van der Waals surface area contributed by atoms with E-state index in [0.29, 0.717) is 6.54 Å². The molecule has 0 spiro atoms. The minimum Gasteiger partial charge on any atom is -0.453 e. The lowest BCUT2D eigenvalue weighted by molar-refractivity contribution is 0.147. The third-order valence-electron chi connectivity index (χ3n) is 2.48. The van der Waals surface area contributed by atoms with Crippen molar-refractivity contribution in [3.63, 3.8) is 0 Å². The van der Waals surface area contributed by atoms with Gasteiger partial charge in [-0.1, -0.05) is 0 Å². The van der Waals surface area contributed by atoms with E-state index in [-0.39, 0.29) is 7.52 Å². The van der Waals surface area contributed by atoms with Crippen LogP contribution in [0.15, 0.2) is 0 Å². The number of likely N-dealkylation sites (N-methyl/N-ethyl adjacent to an activating group) is 1. The summed E-state index contributed by atoms with van der Waals surface area (Å²) in [7, 11) is 3.51. The minimum atomic E-state index is -0.348. The van der Waals surface area contributed by atoms with Crippen molar-refractivity contribution in [3.8, 4) is 0 Å². The van der Waals surface area contributed by atoms with Crippen molar-refractivity contribution >= 4 is 6.09 Å². The van der Waals surface area contributed by atoms with Crippen molar-refractivity contribution < 1.29 is 11.0 Å². The summed E-state index contributed by atoms with van der Waals surface area (Å²) in [6.45, 7) is 5.95. The van der Waals surface area contributed by atoms with Gasteiger partial charge in [-0.25, -0.2) is 4.79 Å². The van der Waals surface area contributed by atoms with Crippen molar-refractivity contribution in [2.75, 3.05) is 53.4 Å². The Kier molecular flexibility index (Phi) is 4.69. The average Bonchev–Trinajstić information content (AvgIpc) is 2.21. The Bertz CT molecular complexity index is 184. The average molecular weight is 203 g/mol. The predicted octanol–water partition coefficient (Wildman–Crippen LogP) is -0.164. The molecule has 0 saturated carbocycles. The molecule has 1 N–H and O–H groups in total. The Morgan fingerprint density at radius 1 is 1.43 bits per heavy atom. The van der Waals surface area contributed by atoms with Crippen LogP contribution in [0.4, 0.5) is 4.79 Å². The Morgan fingerprint density at radius 2 is 2.07 bits per heavy atom. The monoisotopic (exact) mass is 203 g/mol. The maximum Gasteiger partial charge on any atom is 0.406 e. The Hall–Kier alpha value is -0.810. The highest BCUT2D eigenvalue weighted by atomic mass is 16.5. The number of carbonyl (C=O) groups excluding carboxylic acids is 1. The van der Waals surface area contributed by atoms with E-state index in [9.17, 15) is 4.79 Å². The fraction of sp³-hybridized carbons (Fsp3) is 0.889. The van der Waals surface area contributed by atoms with Crippen molar-refractivity contribution in [3.05, 3.63) is 0 Å². The fourth-order valence-corrected chi connectivity index (χ4v) is 1.46. The maximum atomic E-state index is 10.7. The third kappa shape index (κ3) is 3.93. The lowest BCUT2D eigenvalue weighted by Gasteiger charge is -2.32. The molecule has 1 heterocycles. The van der Waals surface area contributed by atoms with E-state index in [2.05, 4.69) is 26.9 Å². The van der Waals surface area contributed by atoms with Crippen molar-refractivity contribution in [2.45, 2.75) is 0 Å². The van der Waals surface area contributed by atoms with Crippen LogP contribution < -0.4 is 5.32 Å². The number of piperazine rings is 1. The maximum absolute atomic E-state index is 10.7. The first-order chi connectivity index (χ1) is 6.72. The summed E-state index contributed by atoms with van der Waals surface area (Å²) in [5.41, 5.74) is 0. The van der Waals surface area contributed by atoms with E-state index >= 15 is 0 Å². The second-order valence-electron chi connectivity index (χ2n) is 3.56. The number of hydrogen-bond donors (Lipinski definition) is 1. The van der Waals surface area contributed by atoms with Gasteiger partial charge in [-0.3, -0.25) is 4.90 Å². The van der Waals surface area contributed by atoms with Crippen LogP contribution in [0.3, 0.4) is 0 Å². The summed E-state index contributed by atoms with van der Waals surface area (Å²) in [4.78, 5) is 15.4. The van der Waals surface area contributed by atoms with Crippen molar-refractivity contribution in [2.24, 2.45) is 0 Å². The number of amides is 1. The zero-order chi connectivity index (χ0) is 10.4. The van der Waals surface area contributed by atoms with Gasteiger partial charge in [-0.15, -0.1) is 0 Å². The number of hydrogen-bond acceptors (Lipinski definition) is 4. The molecule has 5 nitrogen and oxygen atoms in total. The molecule has 1 fully saturated rings. The lowest BCUT2D eigenvalue weighted by atomic mass is 10.3. The highest BCUT2D eigenvalue weighted by Crippen LogP contribution is 1.97. The van der Waals surface area contributed by atoms with Gasteiger partial charge in [0.1, 0.15) is 0 Å². The van der Waals surface area contributed by atoms with Gasteiger partial charge < -0.3 is 15.0 Å². The number of methoxy groups -OCH3 is 1. The standard InChI is InChI=1S/C9H19N3O2.H2/c1-11-5-7-12(8-6-11)4-3-10-9(13)14-2;/h3-8H2,1-2H3,(H,10,13);1H. The molecule has 0 unspecified atom stereocenters. The molecule has 0 aromatic heterocycles. The molecule has 1 rings (SSSR count). The van der Waals surface area contributed by atoms with Gasteiger partial charge in [0.05, 0.1) is 7.11 Å². The summed E-state index contributed by atoms with van der Waals surface area (Å²) >= 11 is 0. The summed E-state index contributed by atoms with van der Waals surface area (Å²) in [6.07, 6.45) is -0.348. The molecule has 0 bridgehead atoms. The SMILES string of the molecule is COC(=O)NCCN1CCN(C)CC1.[HH]. The second-order valence-corrected chi connectivity index (χ2v) is 3.56. The summed E-state index contributed by atoms with van der Waals surface area (Å²) < 4.78 is 4.48. The lowest BCUT2D eigenvalue weighted by Crippen LogP contribution is -2.46. The van der Waals surface area contributed by atoms with Crippen LogP contribution in [-0.4, -0.2) is 69.3 Å². The molecule has 1 aliphatic heterocycles. The topological polar surface area (TPSA) is 44.8 Å². The largest absolute Gasteiger partial charge is 0.453 e. The zero-order valence-corrected chi connectivity index (χ0v) is 8.95. The van der Waals surface area contributed by atoms with Crippen LogP contribution >= 0.6 is 0 Å². The quantitative estimate of drug-likeness (QED) is 0.692. The fourth-order valence-electron chi connectivity index (χ4n) is 1.46. The molecule has 0 aromatic carbocycles.